The standard InChI is InChI=1S/C15H20N2O3S/c1-13-5-7-17(8-6-13)21(19,20)15-10-14(11-16-12-15)4-2-3-9-18/h10-13,18H,3,5-9H2,1H3. The number of aliphatic hydroxyl groups excluding tert-OH is 1. The highest BCUT2D eigenvalue weighted by Crippen LogP contribution is 2.23. The smallest absolute Gasteiger partial charge is 0.244 e. The number of sulfonamides is 1. The van der Waals surface area contributed by atoms with E-state index in [0.717, 1.165) is 12.8 Å². The Kier molecular flexibility index (Phi) is 5.34. The normalized spacial score (nSPS) is 17.2. The second-order valence-electron chi connectivity index (χ2n) is 5.27. The first kappa shape index (κ1) is 16.0. The predicted octanol–water partition coefficient (Wildman–Crippen LogP) is 1.24. The van der Waals surface area contributed by atoms with Gasteiger partial charge in [-0.15, -0.1) is 0 Å². The molecule has 114 valence electrons. The molecule has 0 aliphatic carbocycles. The van der Waals surface area contributed by atoms with E-state index in [4.69, 9.17) is 5.11 Å². The maximum absolute atomic E-state index is 12.6. The average molecular weight is 308 g/mol. The van der Waals surface area contributed by atoms with Crippen LogP contribution in [0.5, 0.6) is 0 Å². The van der Waals surface area contributed by atoms with E-state index in [0.29, 0.717) is 31.0 Å². The van der Waals surface area contributed by atoms with Crippen molar-refractivity contribution in [3.63, 3.8) is 0 Å². The molecule has 0 radical (unpaired) electrons. The second-order valence-corrected chi connectivity index (χ2v) is 7.21. The van der Waals surface area contributed by atoms with E-state index in [1.807, 2.05) is 0 Å². The Balaban J connectivity index is 2.21. The molecular formula is C15H20N2O3S. The minimum absolute atomic E-state index is 0.00954. The van der Waals surface area contributed by atoms with Crippen molar-refractivity contribution >= 4 is 10.0 Å². The molecule has 21 heavy (non-hydrogen) atoms. The summed E-state index contributed by atoms with van der Waals surface area (Å²) in [6.45, 7) is 3.25. The molecule has 1 aliphatic heterocycles. The lowest BCUT2D eigenvalue weighted by Crippen LogP contribution is -2.37. The molecule has 1 N–H and O–H groups in total. The van der Waals surface area contributed by atoms with Crippen LogP contribution in [0.25, 0.3) is 0 Å². The highest BCUT2D eigenvalue weighted by Gasteiger charge is 2.28. The molecule has 1 aromatic heterocycles. The monoisotopic (exact) mass is 308 g/mol. The maximum Gasteiger partial charge on any atom is 0.244 e. The maximum atomic E-state index is 12.6. The van der Waals surface area contributed by atoms with E-state index in [-0.39, 0.29) is 11.5 Å². The zero-order valence-corrected chi connectivity index (χ0v) is 12.9. The highest BCUT2D eigenvalue weighted by molar-refractivity contribution is 7.89. The van der Waals surface area contributed by atoms with E-state index < -0.39 is 10.0 Å². The molecule has 0 unspecified atom stereocenters. The van der Waals surface area contributed by atoms with E-state index in [1.165, 1.54) is 16.7 Å². The van der Waals surface area contributed by atoms with Crippen molar-refractivity contribution < 1.29 is 13.5 Å². The first-order valence-corrected chi connectivity index (χ1v) is 8.53. The van der Waals surface area contributed by atoms with E-state index in [1.54, 1.807) is 6.07 Å². The molecule has 0 saturated carbocycles. The summed E-state index contributed by atoms with van der Waals surface area (Å²) in [6.07, 6.45) is 5.04. The topological polar surface area (TPSA) is 70.5 Å². The fraction of sp³-hybridized carbons (Fsp3) is 0.533. The van der Waals surface area contributed by atoms with Crippen LogP contribution in [0.15, 0.2) is 23.4 Å². The SMILES string of the molecule is CC1CCN(S(=O)(=O)c2cncc(C#CCCO)c2)CC1. The first-order chi connectivity index (χ1) is 10.0. The van der Waals surface area contributed by atoms with Gasteiger partial charge >= 0.3 is 0 Å². The van der Waals surface area contributed by atoms with Gasteiger partial charge in [-0.1, -0.05) is 18.8 Å². The summed E-state index contributed by atoms with van der Waals surface area (Å²) < 4.78 is 26.7. The number of aromatic nitrogens is 1. The van der Waals surface area contributed by atoms with E-state index >= 15 is 0 Å². The minimum atomic E-state index is -3.48. The summed E-state index contributed by atoms with van der Waals surface area (Å²) in [5.41, 5.74) is 0.551. The van der Waals surface area contributed by atoms with Crippen LogP contribution in [0.1, 0.15) is 31.7 Å². The van der Waals surface area contributed by atoms with Crippen molar-refractivity contribution in [1.29, 1.82) is 0 Å². The Hall–Kier alpha value is -1.42. The van der Waals surface area contributed by atoms with Gasteiger partial charge in [-0.2, -0.15) is 4.31 Å². The number of piperidine rings is 1. The summed E-state index contributed by atoms with van der Waals surface area (Å²) in [5.74, 6) is 6.15. The highest BCUT2D eigenvalue weighted by atomic mass is 32.2. The largest absolute Gasteiger partial charge is 0.395 e. The number of rotatable bonds is 3. The molecule has 1 aromatic rings. The first-order valence-electron chi connectivity index (χ1n) is 7.09. The number of hydrogen-bond donors (Lipinski definition) is 1. The van der Waals surface area contributed by atoms with Gasteiger partial charge in [-0.05, 0) is 24.8 Å². The average Bonchev–Trinajstić information content (AvgIpc) is 2.48. The van der Waals surface area contributed by atoms with Gasteiger partial charge in [-0.25, -0.2) is 8.42 Å². The molecule has 0 spiro atoms. The third-order valence-electron chi connectivity index (χ3n) is 3.56. The molecule has 2 rings (SSSR count). The summed E-state index contributed by atoms with van der Waals surface area (Å²) in [7, 11) is -3.48. The summed E-state index contributed by atoms with van der Waals surface area (Å²) >= 11 is 0. The number of hydrogen-bond acceptors (Lipinski definition) is 4. The van der Waals surface area contributed by atoms with Crippen molar-refractivity contribution in [2.75, 3.05) is 19.7 Å². The fourth-order valence-electron chi connectivity index (χ4n) is 2.22. The van der Waals surface area contributed by atoms with Crippen LogP contribution in [-0.2, 0) is 10.0 Å². The van der Waals surface area contributed by atoms with Crippen molar-refractivity contribution in [3.05, 3.63) is 24.0 Å². The lowest BCUT2D eigenvalue weighted by Gasteiger charge is -2.29. The zero-order valence-electron chi connectivity index (χ0n) is 12.1. The third kappa shape index (κ3) is 4.03. The minimum Gasteiger partial charge on any atom is -0.395 e. The summed E-state index contributed by atoms with van der Waals surface area (Å²) in [6, 6.07) is 1.55. The molecule has 2 heterocycles. The van der Waals surface area contributed by atoms with Gasteiger partial charge in [0, 0.05) is 37.5 Å². The van der Waals surface area contributed by atoms with Crippen LogP contribution < -0.4 is 0 Å². The van der Waals surface area contributed by atoms with Crippen LogP contribution in [0.2, 0.25) is 0 Å². The summed E-state index contributed by atoms with van der Waals surface area (Å²) in [4.78, 5) is 4.16. The lowest BCUT2D eigenvalue weighted by molar-refractivity contribution is 0.288. The molecule has 0 atom stereocenters. The molecule has 1 saturated heterocycles. The van der Waals surface area contributed by atoms with Crippen LogP contribution in [-0.4, -0.2) is 42.5 Å². The lowest BCUT2D eigenvalue weighted by atomic mass is 10.0. The van der Waals surface area contributed by atoms with Gasteiger partial charge in [-0.3, -0.25) is 4.98 Å². The Morgan fingerprint density at radius 1 is 1.38 bits per heavy atom. The van der Waals surface area contributed by atoms with E-state index in [2.05, 4.69) is 23.7 Å². The molecule has 0 bridgehead atoms. The molecule has 1 fully saturated rings. The molecule has 1 aliphatic rings. The number of nitrogens with zero attached hydrogens (tertiary/aromatic N) is 2. The van der Waals surface area contributed by atoms with Crippen molar-refractivity contribution in [3.8, 4) is 11.8 Å². The van der Waals surface area contributed by atoms with Gasteiger partial charge < -0.3 is 5.11 Å². The Morgan fingerprint density at radius 2 is 2.10 bits per heavy atom. The van der Waals surface area contributed by atoms with Crippen LogP contribution >= 0.6 is 0 Å². The summed E-state index contributed by atoms with van der Waals surface area (Å²) in [5, 5.41) is 8.70. The van der Waals surface area contributed by atoms with Gasteiger partial charge in [0.15, 0.2) is 0 Å². The third-order valence-corrected chi connectivity index (χ3v) is 5.43. The van der Waals surface area contributed by atoms with Crippen LogP contribution in [0, 0.1) is 17.8 Å². The molecule has 5 nitrogen and oxygen atoms in total. The van der Waals surface area contributed by atoms with Crippen molar-refractivity contribution in [2.24, 2.45) is 5.92 Å². The second kappa shape index (κ2) is 7.03. The number of pyridine rings is 1. The van der Waals surface area contributed by atoms with Crippen LogP contribution in [0.3, 0.4) is 0 Å². The van der Waals surface area contributed by atoms with Crippen molar-refractivity contribution in [2.45, 2.75) is 31.1 Å². The Morgan fingerprint density at radius 3 is 2.76 bits per heavy atom. The van der Waals surface area contributed by atoms with E-state index in [9.17, 15) is 8.42 Å². The Bertz CT molecular complexity index is 638. The molecule has 0 aromatic carbocycles. The van der Waals surface area contributed by atoms with Gasteiger partial charge in [0.1, 0.15) is 4.90 Å². The molecule has 0 amide bonds. The molecule has 6 heteroatoms. The van der Waals surface area contributed by atoms with Gasteiger partial charge in [0.2, 0.25) is 10.0 Å². The van der Waals surface area contributed by atoms with Gasteiger partial charge in [0.05, 0.1) is 6.61 Å². The van der Waals surface area contributed by atoms with Gasteiger partial charge in [0.25, 0.3) is 0 Å². The zero-order chi connectivity index (χ0) is 15.3. The molecular weight excluding hydrogens is 288 g/mol. The fourth-order valence-corrected chi connectivity index (χ4v) is 3.68. The Labute approximate surface area is 126 Å². The van der Waals surface area contributed by atoms with Crippen molar-refractivity contribution in [1.82, 2.24) is 9.29 Å². The quantitative estimate of drug-likeness (QED) is 0.853. The number of aliphatic hydroxyl groups is 1. The predicted molar refractivity (Wildman–Crippen MR) is 80.0 cm³/mol. The van der Waals surface area contributed by atoms with Crippen LogP contribution in [0.4, 0.5) is 0 Å².